The van der Waals surface area contributed by atoms with Crippen LogP contribution < -0.4 is 4.74 Å². The number of phenols is 1. The summed E-state index contributed by atoms with van der Waals surface area (Å²) in [5.41, 5.74) is 0. The lowest BCUT2D eigenvalue weighted by molar-refractivity contribution is 0.133. The molecule has 1 aliphatic rings. The fourth-order valence-corrected chi connectivity index (χ4v) is 1.91. The number of nitrogens with zero attached hydrogens (tertiary/aromatic N) is 2. The van der Waals surface area contributed by atoms with Crippen molar-refractivity contribution >= 4 is 24.8 Å². The van der Waals surface area contributed by atoms with Crippen molar-refractivity contribution in [3.05, 3.63) is 24.3 Å². The Morgan fingerprint density at radius 3 is 2.21 bits per heavy atom. The first-order chi connectivity index (χ1) is 8.24. The number of aromatic hydroxyl groups is 1. The van der Waals surface area contributed by atoms with E-state index in [1.54, 1.807) is 24.3 Å². The number of benzene rings is 1. The highest BCUT2D eigenvalue weighted by Crippen LogP contribution is 2.15. The van der Waals surface area contributed by atoms with Crippen LogP contribution in [-0.2, 0) is 0 Å². The average molecular weight is 309 g/mol. The van der Waals surface area contributed by atoms with Gasteiger partial charge >= 0.3 is 0 Å². The van der Waals surface area contributed by atoms with E-state index in [4.69, 9.17) is 9.84 Å². The standard InChI is InChI=1S/C13H20N2O2.2ClH/c1-14-6-8-15(9-7-14)10-11-17-13-4-2-12(16)3-5-13;;/h2-5,16H,6-11H2,1H3;2*1H. The Kier molecular flexibility index (Phi) is 8.93. The van der Waals surface area contributed by atoms with E-state index in [1.807, 2.05) is 0 Å². The van der Waals surface area contributed by atoms with Crippen LogP contribution in [0.15, 0.2) is 24.3 Å². The first-order valence-corrected chi connectivity index (χ1v) is 6.07. The maximum atomic E-state index is 9.14. The zero-order chi connectivity index (χ0) is 12.1. The third-order valence-electron chi connectivity index (χ3n) is 3.11. The Bertz CT molecular complexity index is 341. The van der Waals surface area contributed by atoms with Crippen LogP contribution in [0.4, 0.5) is 0 Å². The fraction of sp³-hybridized carbons (Fsp3) is 0.538. The Morgan fingerprint density at radius 1 is 1.05 bits per heavy atom. The van der Waals surface area contributed by atoms with Gasteiger partial charge in [-0.15, -0.1) is 24.8 Å². The monoisotopic (exact) mass is 308 g/mol. The van der Waals surface area contributed by atoms with Gasteiger partial charge in [0.25, 0.3) is 0 Å². The lowest BCUT2D eigenvalue weighted by atomic mass is 10.3. The zero-order valence-corrected chi connectivity index (χ0v) is 12.8. The van der Waals surface area contributed by atoms with Crippen LogP contribution >= 0.6 is 24.8 Å². The molecule has 1 aliphatic heterocycles. The van der Waals surface area contributed by atoms with E-state index in [-0.39, 0.29) is 30.6 Å². The average Bonchev–Trinajstić information content (AvgIpc) is 2.34. The van der Waals surface area contributed by atoms with Crippen molar-refractivity contribution < 1.29 is 9.84 Å². The fourth-order valence-electron chi connectivity index (χ4n) is 1.91. The number of phenolic OH excluding ortho intramolecular Hbond substituents is 1. The molecule has 0 radical (unpaired) electrons. The van der Waals surface area contributed by atoms with Crippen molar-refractivity contribution in [1.29, 1.82) is 0 Å². The lowest BCUT2D eigenvalue weighted by Crippen LogP contribution is -2.45. The number of hydrogen-bond donors (Lipinski definition) is 1. The molecule has 110 valence electrons. The van der Waals surface area contributed by atoms with E-state index < -0.39 is 0 Å². The molecule has 1 aromatic rings. The largest absolute Gasteiger partial charge is 0.508 e. The van der Waals surface area contributed by atoms with Gasteiger partial charge in [0.1, 0.15) is 18.1 Å². The molecular formula is C13H22Cl2N2O2. The minimum absolute atomic E-state index is 0. The topological polar surface area (TPSA) is 35.9 Å². The summed E-state index contributed by atoms with van der Waals surface area (Å²) < 4.78 is 5.62. The molecule has 0 spiro atoms. The number of hydrogen-bond acceptors (Lipinski definition) is 4. The van der Waals surface area contributed by atoms with E-state index in [0.717, 1.165) is 38.5 Å². The molecule has 0 bridgehead atoms. The van der Waals surface area contributed by atoms with Crippen molar-refractivity contribution in [3.8, 4) is 11.5 Å². The molecule has 1 aromatic carbocycles. The molecule has 0 aliphatic carbocycles. The van der Waals surface area contributed by atoms with Crippen LogP contribution in [0.3, 0.4) is 0 Å². The number of ether oxygens (including phenoxy) is 1. The molecule has 0 amide bonds. The van der Waals surface area contributed by atoms with Crippen LogP contribution in [0.1, 0.15) is 0 Å². The molecular weight excluding hydrogens is 287 g/mol. The van der Waals surface area contributed by atoms with Crippen LogP contribution in [0.2, 0.25) is 0 Å². The van der Waals surface area contributed by atoms with Crippen molar-refractivity contribution in [2.24, 2.45) is 0 Å². The highest BCUT2D eigenvalue weighted by Gasteiger charge is 2.12. The second-order valence-corrected chi connectivity index (χ2v) is 4.49. The summed E-state index contributed by atoms with van der Waals surface area (Å²) in [7, 11) is 2.16. The molecule has 19 heavy (non-hydrogen) atoms. The number of piperazine rings is 1. The van der Waals surface area contributed by atoms with E-state index in [0.29, 0.717) is 6.61 Å². The summed E-state index contributed by atoms with van der Waals surface area (Å²) >= 11 is 0. The Balaban J connectivity index is 0.00000162. The van der Waals surface area contributed by atoms with Crippen molar-refractivity contribution in [2.45, 2.75) is 0 Å². The third-order valence-corrected chi connectivity index (χ3v) is 3.11. The van der Waals surface area contributed by atoms with E-state index in [9.17, 15) is 0 Å². The summed E-state index contributed by atoms with van der Waals surface area (Å²) in [5.74, 6) is 1.09. The van der Waals surface area contributed by atoms with Crippen LogP contribution in [0.5, 0.6) is 11.5 Å². The summed E-state index contributed by atoms with van der Waals surface area (Å²) in [6.07, 6.45) is 0. The van der Waals surface area contributed by atoms with Gasteiger partial charge in [0.15, 0.2) is 0 Å². The molecule has 2 rings (SSSR count). The van der Waals surface area contributed by atoms with Gasteiger partial charge in [-0.25, -0.2) is 0 Å². The predicted octanol–water partition coefficient (Wildman–Crippen LogP) is 1.86. The van der Waals surface area contributed by atoms with Gasteiger partial charge in [-0.05, 0) is 31.3 Å². The maximum Gasteiger partial charge on any atom is 0.119 e. The van der Waals surface area contributed by atoms with Crippen molar-refractivity contribution in [1.82, 2.24) is 9.80 Å². The van der Waals surface area contributed by atoms with Crippen LogP contribution in [-0.4, -0.2) is 61.3 Å². The van der Waals surface area contributed by atoms with Gasteiger partial charge in [-0.3, -0.25) is 4.90 Å². The van der Waals surface area contributed by atoms with E-state index >= 15 is 0 Å². The minimum atomic E-state index is 0. The lowest BCUT2D eigenvalue weighted by Gasteiger charge is -2.32. The smallest absolute Gasteiger partial charge is 0.119 e. The molecule has 4 nitrogen and oxygen atoms in total. The molecule has 1 N–H and O–H groups in total. The molecule has 1 saturated heterocycles. The highest BCUT2D eigenvalue weighted by molar-refractivity contribution is 5.85. The first-order valence-electron chi connectivity index (χ1n) is 6.07. The summed E-state index contributed by atoms with van der Waals surface area (Å²) in [6, 6.07) is 6.87. The molecule has 0 saturated carbocycles. The van der Waals surface area contributed by atoms with Gasteiger partial charge in [-0.1, -0.05) is 0 Å². The second-order valence-electron chi connectivity index (χ2n) is 4.49. The summed E-state index contributed by atoms with van der Waals surface area (Å²) in [4.78, 5) is 4.76. The normalized spacial score (nSPS) is 16.3. The van der Waals surface area contributed by atoms with Crippen molar-refractivity contribution in [2.75, 3.05) is 46.4 Å². The molecule has 1 heterocycles. The number of halogens is 2. The van der Waals surface area contributed by atoms with E-state index in [2.05, 4.69) is 16.8 Å². The van der Waals surface area contributed by atoms with Gasteiger partial charge < -0.3 is 14.7 Å². The maximum absolute atomic E-state index is 9.14. The summed E-state index contributed by atoms with van der Waals surface area (Å²) in [6.45, 7) is 6.19. The molecule has 6 heteroatoms. The van der Waals surface area contributed by atoms with Gasteiger partial charge in [0.2, 0.25) is 0 Å². The second kappa shape index (κ2) is 9.26. The highest BCUT2D eigenvalue weighted by atomic mass is 35.5. The predicted molar refractivity (Wildman–Crippen MR) is 82.0 cm³/mol. The number of likely N-dealkylation sites (N-methyl/N-ethyl adjacent to an activating group) is 1. The van der Waals surface area contributed by atoms with Gasteiger partial charge in [-0.2, -0.15) is 0 Å². The van der Waals surface area contributed by atoms with Crippen molar-refractivity contribution in [3.63, 3.8) is 0 Å². The van der Waals surface area contributed by atoms with Gasteiger partial charge in [0.05, 0.1) is 0 Å². The Hall–Kier alpha value is -0.680. The van der Waals surface area contributed by atoms with Crippen LogP contribution in [0.25, 0.3) is 0 Å². The molecule has 0 aromatic heterocycles. The van der Waals surface area contributed by atoms with Crippen LogP contribution in [0, 0.1) is 0 Å². The minimum Gasteiger partial charge on any atom is -0.508 e. The quantitative estimate of drug-likeness (QED) is 0.921. The van der Waals surface area contributed by atoms with E-state index in [1.165, 1.54) is 0 Å². The SMILES string of the molecule is CN1CCN(CCOc2ccc(O)cc2)CC1.Cl.Cl. The molecule has 1 fully saturated rings. The third kappa shape index (κ3) is 6.34. The Morgan fingerprint density at radius 2 is 1.63 bits per heavy atom. The first kappa shape index (κ1) is 18.3. The molecule has 0 atom stereocenters. The number of rotatable bonds is 4. The summed E-state index contributed by atoms with van der Waals surface area (Å²) in [5, 5.41) is 9.14. The Labute approximate surface area is 127 Å². The van der Waals surface area contributed by atoms with Gasteiger partial charge in [0, 0.05) is 32.7 Å². The molecule has 0 unspecified atom stereocenters. The zero-order valence-electron chi connectivity index (χ0n) is 11.1.